The molecule has 0 radical (unpaired) electrons. The number of hydrogen-bond acceptors (Lipinski definition) is 1. The van der Waals surface area contributed by atoms with E-state index in [1.165, 1.54) is 27.5 Å². The lowest BCUT2D eigenvalue weighted by molar-refractivity contribution is 0.107. The molecule has 0 saturated heterocycles. The quantitative estimate of drug-likeness (QED) is 0.426. The molecule has 1 heterocycles. The van der Waals surface area contributed by atoms with E-state index in [4.69, 9.17) is 4.74 Å². The summed E-state index contributed by atoms with van der Waals surface area (Å²) in [4.78, 5) is 0. The highest BCUT2D eigenvalue weighted by Crippen LogP contribution is 2.47. The molecule has 0 aromatic heterocycles. The maximum Gasteiger partial charge on any atom is 0.130 e. The second-order valence-corrected chi connectivity index (χ2v) is 5.82. The highest BCUT2D eigenvalue weighted by atomic mass is 16.5. The van der Waals surface area contributed by atoms with Crippen LogP contribution in [0, 0.1) is 0 Å². The summed E-state index contributed by atoms with van der Waals surface area (Å²) in [6.45, 7) is 12.3. The van der Waals surface area contributed by atoms with Crippen molar-refractivity contribution in [3.8, 4) is 16.9 Å². The van der Waals surface area contributed by atoms with Gasteiger partial charge in [0, 0.05) is 11.1 Å². The van der Waals surface area contributed by atoms with Crippen molar-refractivity contribution in [1.82, 2.24) is 0 Å². The van der Waals surface area contributed by atoms with E-state index in [0.29, 0.717) is 0 Å². The summed E-state index contributed by atoms with van der Waals surface area (Å²) in [7, 11) is 0. The van der Waals surface area contributed by atoms with E-state index in [1.54, 1.807) is 0 Å². The Labute approximate surface area is 146 Å². The predicted octanol–water partition coefficient (Wildman–Crippen LogP) is 7.19. The maximum atomic E-state index is 6.25. The van der Waals surface area contributed by atoms with E-state index in [9.17, 15) is 0 Å². The monoisotopic (exact) mass is 320 g/mol. The first-order valence-corrected chi connectivity index (χ1v) is 8.97. The summed E-state index contributed by atoms with van der Waals surface area (Å²) >= 11 is 0. The first kappa shape index (κ1) is 18.1. The molecular weight excluding hydrogens is 292 g/mol. The number of ether oxygens (including phenoxy) is 1. The molecule has 126 valence electrons. The van der Waals surface area contributed by atoms with Gasteiger partial charge in [-0.1, -0.05) is 82.3 Å². The highest BCUT2D eigenvalue weighted by Gasteiger charge is 2.33. The SMILES string of the molecule is CC.CC.CC1(C)Oc2ccccc2-c2ccc3ccccc3c21. The van der Waals surface area contributed by atoms with Gasteiger partial charge in [-0.05, 0) is 36.2 Å². The van der Waals surface area contributed by atoms with Crippen LogP contribution < -0.4 is 4.74 Å². The van der Waals surface area contributed by atoms with E-state index in [0.717, 1.165) is 5.75 Å². The number of para-hydroxylation sites is 1. The van der Waals surface area contributed by atoms with Crippen molar-refractivity contribution < 1.29 is 4.74 Å². The van der Waals surface area contributed by atoms with Gasteiger partial charge in [0.15, 0.2) is 0 Å². The van der Waals surface area contributed by atoms with Crippen molar-refractivity contribution in [3.05, 3.63) is 66.2 Å². The second kappa shape index (κ2) is 7.53. The molecule has 1 aliphatic heterocycles. The molecule has 3 aromatic carbocycles. The van der Waals surface area contributed by atoms with Crippen LogP contribution in [0.15, 0.2) is 60.7 Å². The Morgan fingerprint density at radius 1 is 0.667 bits per heavy atom. The van der Waals surface area contributed by atoms with Gasteiger partial charge in [-0.2, -0.15) is 0 Å². The Morgan fingerprint density at radius 3 is 2.04 bits per heavy atom. The molecule has 0 atom stereocenters. The van der Waals surface area contributed by atoms with Gasteiger partial charge in [-0.15, -0.1) is 0 Å². The molecule has 1 nitrogen and oxygen atoms in total. The van der Waals surface area contributed by atoms with Crippen LogP contribution in [0.2, 0.25) is 0 Å². The fourth-order valence-electron chi connectivity index (χ4n) is 3.25. The first-order chi connectivity index (χ1) is 11.7. The molecule has 0 N–H and O–H groups in total. The Kier molecular flexibility index (Phi) is 5.66. The Hall–Kier alpha value is -2.28. The van der Waals surface area contributed by atoms with Crippen LogP contribution >= 0.6 is 0 Å². The first-order valence-electron chi connectivity index (χ1n) is 8.97. The average molecular weight is 320 g/mol. The lowest BCUT2D eigenvalue weighted by Gasteiger charge is -2.36. The highest BCUT2D eigenvalue weighted by molar-refractivity contribution is 5.94. The zero-order valence-electron chi connectivity index (χ0n) is 15.7. The van der Waals surface area contributed by atoms with Crippen LogP contribution in [-0.4, -0.2) is 0 Å². The smallest absolute Gasteiger partial charge is 0.130 e. The van der Waals surface area contributed by atoms with Gasteiger partial charge in [0.1, 0.15) is 11.4 Å². The fourth-order valence-corrected chi connectivity index (χ4v) is 3.25. The van der Waals surface area contributed by atoms with Crippen LogP contribution in [0.4, 0.5) is 0 Å². The fraction of sp³-hybridized carbons (Fsp3) is 0.304. The number of hydrogen-bond donors (Lipinski definition) is 0. The molecule has 3 aromatic rings. The lowest BCUT2D eigenvalue weighted by Crippen LogP contribution is -2.29. The van der Waals surface area contributed by atoms with Crippen molar-refractivity contribution in [2.75, 3.05) is 0 Å². The molecule has 0 bridgehead atoms. The summed E-state index contributed by atoms with van der Waals surface area (Å²) in [5, 5.41) is 2.55. The van der Waals surface area contributed by atoms with Gasteiger partial charge in [0.2, 0.25) is 0 Å². The van der Waals surface area contributed by atoms with Gasteiger partial charge in [0.25, 0.3) is 0 Å². The zero-order chi connectivity index (χ0) is 17.7. The van der Waals surface area contributed by atoms with Gasteiger partial charge in [-0.3, -0.25) is 0 Å². The van der Waals surface area contributed by atoms with Crippen molar-refractivity contribution in [1.29, 1.82) is 0 Å². The van der Waals surface area contributed by atoms with Crippen molar-refractivity contribution in [2.45, 2.75) is 47.1 Å². The molecule has 0 spiro atoms. The molecule has 0 aliphatic carbocycles. The third kappa shape index (κ3) is 3.03. The number of fused-ring (bicyclic) bond motifs is 5. The van der Waals surface area contributed by atoms with Crippen molar-refractivity contribution in [2.24, 2.45) is 0 Å². The third-order valence-corrected chi connectivity index (χ3v) is 4.07. The van der Waals surface area contributed by atoms with Crippen LogP contribution in [-0.2, 0) is 5.60 Å². The van der Waals surface area contributed by atoms with Crippen LogP contribution in [0.3, 0.4) is 0 Å². The normalized spacial score (nSPS) is 13.2. The van der Waals surface area contributed by atoms with E-state index >= 15 is 0 Å². The molecule has 0 fully saturated rings. The zero-order valence-corrected chi connectivity index (χ0v) is 15.7. The molecule has 1 aliphatic rings. The molecule has 0 unspecified atom stereocenters. The van der Waals surface area contributed by atoms with Crippen molar-refractivity contribution >= 4 is 10.8 Å². The Morgan fingerprint density at radius 2 is 1.29 bits per heavy atom. The van der Waals surface area contributed by atoms with Gasteiger partial charge < -0.3 is 4.74 Å². The van der Waals surface area contributed by atoms with Crippen LogP contribution in [0.1, 0.15) is 47.1 Å². The lowest BCUT2D eigenvalue weighted by atomic mass is 9.83. The number of benzene rings is 3. The minimum Gasteiger partial charge on any atom is -0.482 e. The van der Waals surface area contributed by atoms with E-state index in [2.05, 4.69) is 68.4 Å². The van der Waals surface area contributed by atoms with Gasteiger partial charge in [-0.25, -0.2) is 0 Å². The summed E-state index contributed by atoms with van der Waals surface area (Å²) in [6.07, 6.45) is 0. The predicted molar refractivity (Wildman–Crippen MR) is 106 cm³/mol. The minimum atomic E-state index is -0.315. The van der Waals surface area contributed by atoms with Crippen LogP contribution in [0.25, 0.3) is 21.9 Å². The molecular formula is C23H28O. The third-order valence-electron chi connectivity index (χ3n) is 4.07. The maximum absolute atomic E-state index is 6.25. The minimum absolute atomic E-state index is 0.315. The van der Waals surface area contributed by atoms with E-state index in [-0.39, 0.29) is 5.60 Å². The largest absolute Gasteiger partial charge is 0.482 e. The van der Waals surface area contributed by atoms with Crippen molar-refractivity contribution in [3.63, 3.8) is 0 Å². The van der Waals surface area contributed by atoms with E-state index < -0.39 is 0 Å². The Bertz CT molecular complexity index is 815. The Balaban J connectivity index is 0.000000487. The standard InChI is InChI=1S/C19H16O.2C2H6/c1-19(2)18-14-8-4-3-7-13(14)11-12-16(18)15-9-5-6-10-17(15)20-19;2*1-2/h3-12H,1-2H3;2*1-2H3. The van der Waals surface area contributed by atoms with Crippen LogP contribution in [0.5, 0.6) is 5.75 Å². The second-order valence-electron chi connectivity index (χ2n) is 5.82. The molecule has 0 amide bonds. The van der Waals surface area contributed by atoms with Gasteiger partial charge >= 0.3 is 0 Å². The van der Waals surface area contributed by atoms with Gasteiger partial charge in [0.05, 0.1) is 0 Å². The summed E-state index contributed by atoms with van der Waals surface area (Å²) in [6, 6.07) is 21.2. The molecule has 24 heavy (non-hydrogen) atoms. The summed E-state index contributed by atoms with van der Waals surface area (Å²) in [5.74, 6) is 0.972. The van der Waals surface area contributed by atoms with E-state index in [1.807, 2.05) is 33.8 Å². The molecule has 4 rings (SSSR count). The summed E-state index contributed by atoms with van der Waals surface area (Å²) in [5.41, 5.74) is 3.45. The average Bonchev–Trinajstić information content (AvgIpc) is 2.64. The molecule has 1 heteroatoms. The number of rotatable bonds is 0. The topological polar surface area (TPSA) is 9.23 Å². The molecule has 0 saturated carbocycles. The summed E-state index contributed by atoms with van der Waals surface area (Å²) < 4.78 is 6.25.